The lowest BCUT2D eigenvalue weighted by Crippen LogP contribution is -2.02. The molecule has 2 nitrogen and oxygen atoms in total. The number of anilines is 1. The first kappa shape index (κ1) is 14.2. The van der Waals surface area contributed by atoms with Crippen LogP contribution in [0.4, 0.5) is 5.69 Å². The Hall–Kier alpha value is -1.23. The Bertz CT molecular complexity index is 581. The summed E-state index contributed by atoms with van der Waals surface area (Å²) in [6.45, 7) is 4.98. The van der Waals surface area contributed by atoms with Crippen molar-refractivity contribution >= 4 is 28.3 Å². The van der Waals surface area contributed by atoms with Gasteiger partial charge >= 0.3 is 0 Å². The second-order valence-electron chi connectivity index (χ2n) is 4.63. The molecule has 0 fully saturated rings. The highest BCUT2D eigenvalue weighted by Gasteiger charge is 2.03. The fourth-order valence-corrected chi connectivity index (χ4v) is 2.46. The Morgan fingerprint density at radius 1 is 1.11 bits per heavy atom. The van der Waals surface area contributed by atoms with Crippen molar-refractivity contribution in [2.24, 2.45) is 0 Å². The number of hydrogen-bond donors (Lipinski definition) is 1. The molecule has 0 bridgehead atoms. The summed E-state index contributed by atoms with van der Waals surface area (Å²) in [5, 5.41) is 3.45. The first-order chi connectivity index (χ1) is 9.10. The summed E-state index contributed by atoms with van der Waals surface area (Å²) in [5.74, 6) is 0.930. The van der Waals surface area contributed by atoms with E-state index in [0.717, 1.165) is 18.0 Å². The van der Waals surface area contributed by atoms with E-state index in [4.69, 9.17) is 4.74 Å². The van der Waals surface area contributed by atoms with Gasteiger partial charge in [-0.3, -0.25) is 0 Å². The van der Waals surface area contributed by atoms with Crippen molar-refractivity contribution in [2.75, 3.05) is 12.4 Å². The van der Waals surface area contributed by atoms with Crippen LogP contribution in [0, 0.1) is 17.4 Å². The minimum absolute atomic E-state index is 0.768. The third kappa shape index (κ3) is 3.62. The summed E-state index contributed by atoms with van der Waals surface area (Å²) in [7, 11) is 1.71. The minimum Gasteiger partial charge on any atom is -0.496 e. The van der Waals surface area contributed by atoms with E-state index in [2.05, 4.69) is 72.1 Å². The van der Waals surface area contributed by atoms with Crippen molar-refractivity contribution < 1.29 is 4.74 Å². The summed E-state index contributed by atoms with van der Waals surface area (Å²) in [6, 6.07) is 12.7. The van der Waals surface area contributed by atoms with Crippen molar-refractivity contribution in [1.82, 2.24) is 0 Å². The van der Waals surface area contributed by atoms with Crippen molar-refractivity contribution in [1.29, 1.82) is 0 Å². The Labute approximate surface area is 128 Å². The van der Waals surface area contributed by atoms with Gasteiger partial charge in [0.05, 0.1) is 7.11 Å². The number of rotatable bonds is 4. The molecule has 0 saturated carbocycles. The van der Waals surface area contributed by atoms with E-state index in [1.54, 1.807) is 7.11 Å². The maximum atomic E-state index is 5.39. The Balaban J connectivity index is 2.13. The van der Waals surface area contributed by atoms with E-state index in [9.17, 15) is 0 Å². The average Bonchev–Trinajstić information content (AvgIpc) is 2.40. The van der Waals surface area contributed by atoms with Crippen LogP contribution >= 0.6 is 22.6 Å². The van der Waals surface area contributed by atoms with Crippen LogP contribution in [0.15, 0.2) is 36.4 Å². The van der Waals surface area contributed by atoms with E-state index in [1.807, 2.05) is 6.07 Å². The molecule has 0 aliphatic rings. The standard InChI is InChI=1S/C16H18INO/c1-11-4-7-16(19-3)13(8-11)10-18-14-6-5-12(2)15(17)9-14/h4-9,18H,10H2,1-3H3. The van der Waals surface area contributed by atoms with Gasteiger partial charge in [0.1, 0.15) is 5.75 Å². The molecule has 0 aliphatic carbocycles. The van der Waals surface area contributed by atoms with E-state index in [0.29, 0.717) is 0 Å². The Morgan fingerprint density at radius 3 is 2.58 bits per heavy atom. The van der Waals surface area contributed by atoms with Gasteiger partial charge in [-0.15, -0.1) is 0 Å². The van der Waals surface area contributed by atoms with E-state index < -0.39 is 0 Å². The van der Waals surface area contributed by atoms with Crippen LogP contribution in [-0.2, 0) is 6.54 Å². The zero-order valence-electron chi connectivity index (χ0n) is 11.5. The number of halogens is 1. The van der Waals surface area contributed by atoms with Crippen LogP contribution in [0.25, 0.3) is 0 Å². The fourth-order valence-electron chi connectivity index (χ4n) is 1.95. The molecular weight excluding hydrogens is 349 g/mol. The molecule has 0 unspecified atom stereocenters. The molecule has 19 heavy (non-hydrogen) atoms. The molecule has 0 spiro atoms. The largest absolute Gasteiger partial charge is 0.496 e. The molecule has 2 rings (SSSR count). The number of hydrogen-bond acceptors (Lipinski definition) is 2. The first-order valence-corrected chi connectivity index (χ1v) is 7.31. The van der Waals surface area contributed by atoms with Crippen molar-refractivity contribution in [2.45, 2.75) is 20.4 Å². The van der Waals surface area contributed by atoms with Gasteiger partial charge in [0.25, 0.3) is 0 Å². The van der Waals surface area contributed by atoms with Gasteiger partial charge in [-0.05, 0) is 60.2 Å². The number of nitrogens with one attached hydrogen (secondary N) is 1. The van der Waals surface area contributed by atoms with Gasteiger partial charge < -0.3 is 10.1 Å². The summed E-state index contributed by atoms with van der Waals surface area (Å²) < 4.78 is 6.67. The molecule has 0 amide bonds. The van der Waals surface area contributed by atoms with E-state index in [1.165, 1.54) is 20.3 Å². The maximum Gasteiger partial charge on any atom is 0.123 e. The van der Waals surface area contributed by atoms with Crippen LogP contribution in [0.5, 0.6) is 5.75 Å². The van der Waals surface area contributed by atoms with Gasteiger partial charge in [0, 0.05) is 21.4 Å². The summed E-state index contributed by atoms with van der Waals surface area (Å²) in [5.41, 5.74) is 4.87. The Kier molecular flexibility index (Phi) is 4.69. The second-order valence-corrected chi connectivity index (χ2v) is 5.80. The topological polar surface area (TPSA) is 21.3 Å². The van der Waals surface area contributed by atoms with Gasteiger partial charge in [-0.25, -0.2) is 0 Å². The predicted octanol–water partition coefficient (Wildman–Crippen LogP) is 4.53. The molecule has 0 aromatic heterocycles. The molecule has 0 radical (unpaired) electrons. The highest BCUT2D eigenvalue weighted by atomic mass is 127. The first-order valence-electron chi connectivity index (χ1n) is 6.23. The number of benzene rings is 2. The van der Waals surface area contributed by atoms with E-state index >= 15 is 0 Å². The SMILES string of the molecule is COc1ccc(C)cc1CNc1ccc(C)c(I)c1. The van der Waals surface area contributed by atoms with Crippen molar-refractivity contribution in [3.05, 3.63) is 56.7 Å². The van der Waals surface area contributed by atoms with Gasteiger partial charge in [0.15, 0.2) is 0 Å². The van der Waals surface area contributed by atoms with E-state index in [-0.39, 0.29) is 0 Å². The predicted molar refractivity (Wildman–Crippen MR) is 89.0 cm³/mol. The molecule has 3 heteroatoms. The van der Waals surface area contributed by atoms with Crippen LogP contribution < -0.4 is 10.1 Å². The lowest BCUT2D eigenvalue weighted by molar-refractivity contribution is 0.410. The third-order valence-electron chi connectivity index (χ3n) is 3.09. The van der Waals surface area contributed by atoms with Gasteiger partial charge in [0.2, 0.25) is 0 Å². The van der Waals surface area contributed by atoms with Crippen LogP contribution in [0.3, 0.4) is 0 Å². The van der Waals surface area contributed by atoms with Gasteiger partial charge in [-0.1, -0.05) is 23.8 Å². The highest BCUT2D eigenvalue weighted by Crippen LogP contribution is 2.22. The second kappa shape index (κ2) is 6.28. The lowest BCUT2D eigenvalue weighted by atomic mass is 10.1. The van der Waals surface area contributed by atoms with Crippen LogP contribution in [-0.4, -0.2) is 7.11 Å². The minimum atomic E-state index is 0.768. The maximum absolute atomic E-state index is 5.39. The quantitative estimate of drug-likeness (QED) is 0.802. The molecule has 2 aromatic rings. The average molecular weight is 367 g/mol. The molecule has 0 aliphatic heterocycles. The summed E-state index contributed by atoms with van der Waals surface area (Å²) in [6.07, 6.45) is 0. The smallest absolute Gasteiger partial charge is 0.123 e. The van der Waals surface area contributed by atoms with Gasteiger partial charge in [-0.2, -0.15) is 0 Å². The molecule has 0 saturated heterocycles. The lowest BCUT2D eigenvalue weighted by Gasteiger charge is -2.12. The van der Waals surface area contributed by atoms with Crippen molar-refractivity contribution in [3.63, 3.8) is 0 Å². The summed E-state index contributed by atoms with van der Waals surface area (Å²) in [4.78, 5) is 0. The number of aryl methyl sites for hydroxylation is 2. The molecule has 2 aromatic carbocycles. The molecule has 0 atom stereocenters. The molecular formula is C16H18INO. The molecule has 1 N–H and O–H groups in total. The monoisotopic (exact) mass is 367 g/mol. The number of ether oxygens (including phenoxy) is 1. The Morgan fingerprint density at radius 2 is 1.89 bits per heavy atom. The summed E-state index contributed by atoms with van der Waals surface area (Å²) >= 11 is 2.36. The zero-order chi connectivity index (χ0) is 13.8. The van der Waals surface area contributed by atoms with Crippen LogP contribution in [0.2, 0.25) is 0 Å². The zero-order valence-corrected chi connectivity index (χ0v) is 13.6. The van der Waals surface area contributed by atoms with Crippen molar-refractivity contribution in [3.8, 4) is 5.75 Å². The number of methoxy groups -OCH3 is 1. The van der Waals surface area contributed by atoms with Crippen LogP contribution in [0.1, 0.15) is 16.7 Å². The highest BCUT2D eigenvalue weighted by molar-refractivity contribution is 14.1. The fraction of sp³-hybridized carbons (Fsp3) is 0.250. The molecule has 0 heterocycles. The third-order valence-corrected chi connectivity index (χ3v) is 4.25. The molecule has 100 valence electrons. The normalized spacial score (nSPS) is 10.3.